The van der Waals surface area contributed by atoms with Crippen LogP contribution in [-0.2, 0) is 6.18 Å². The molecule has 0 aliphatic rings. The van der Waals surface area contributed by atoms with Gasteiger partial charge in [-0.25, -0.2) is 4.68 Å². The number of nitro groups is 1. The number of aromatic nitrogens is 2. The molecule has 112 valence electrons. The summed E-state index contributed by atoms with van der Waals surface area (Å²) in [5.74, 6) is 0. The molecule has 0 N–H and O–H groups in total. The Balaban J connectivity index is 2.01. The normalized spacial score (nSPS) is 11.8. The molecule has 2 aromatic carbocycles. The van der Waals surface area contributed by atoms with Crippen LogP contribution in [0.15, 0.2) is 48.7 Å². The molecule has 0 unspecified atom stereocenters. The Morgan fingerprint density at radius 2 is 1.77 bits per heavy atom. The van der Waals surface area contributed by atoms with Crippen molar-refractivity contribution in [1.82, 2.24) is 9.78 Å². The Morgan fingerprint density at radius 3 is 2.36 bits per heavy atom. The summed E-state index contributed by atoms with van der Waals surface area (Å²) in [7, 11) is 0. The molecule has 8 heteroatoms. The van der Waals surface area contributed by atoms with Crippen LogP contribution >= 0.6 is 0 Å². The summed E-state index contributed by atoms with van der Waals surface area (Å²) in [5, 5.41) is 15.4. The van der Waals surface area contributed by atoms with E-state index in [1.54, 1.807) is 0 Å². The highest BCUT2D eigenvalue weighted by molar-refractivity contribution is 5.81. The Labute approximate surface area is 121 Å². The molecule has 3 rings (SSSR count). The van der Waals surface area contributed by atoms with Gasteiger partial charge >= 0.3 is 6.18 Å². The molecule has 0 radical (unpaired) electrons. The topological polar surface area (TPSA) is 61.0 Å². The lowest BCUT2D eigenvalue weighted by Gasteiger charge is -2.07. The van der Waals surface area contributed by atoms with Gasteiger partial charge in [-0.05, 0) is 30.3 Å². The summed E-state index contributed by atoms with van der Waals surface area (Å²) in [5.41, 5.74) is 0.139. The Morgan fingerprint density at radius 1 is 1.09 bits per heavy atom. The van der Waals surface area contributed by atoms with E-state index < -0.39 is 16.7 Å². The maximum Gasteiger partial charge on any atom is 0.416 e. The van der Waals surface area contributed by atoms with Crippen LogP contribution in [0.5, 0.6) is 0 Å². The smallest absolute Gasteiger partial charge is 0.258 e. The quantitative estimate of drug-likeness (QED) is 0.532. The van der Waals surface area contributed by atoms with Gasteiger partial charge in [-0.2, -0.15) is 18.3 Å². The van der Waals surface area contributed by atoms with E-state index in [4.69, 9.17) is 0 Å². The number of non-ortho nitro benzene ring substituents is 1. The lowest BCUT2D eigenvalue weighted by atomic mass is 10.2. The van der Waals surface area contributed by atoms with E-state index in [9.17, 15) is 23.3 Å². The van der Waals surface area contributed by atoms with E-state index in [1.165, 1.54) is 41.2 Å². The van der Waals surface area contributed by atoms with E-state index in [0.29, 0.717) is 16.6 Å². The summed E-state index contributed by atoms with van der Waals surface area (Å²) in [6, 6.07) is 8.70. The summed E-state index contributed by atoms with van der Waals surface area (Å²) < 4.78 is 39.0. The van der Waals surface area contributed by atoms with Crippen LogP contribution < -0.4 is 0 Å². The standard InChI is InChI=1S/C14H8F3N3O2/c15-14(16,17)10-1-3-11(4-2-10)19-8-9-7-12(20(21)22)5-6-13(9)18-19/h1-8H. The van der Waals surface area contributed by atoms with Crippen molar-refractivity contribution >= 4 is 16.6 Å². The number of nitro benzene ring substituents is 1. The van der Waals surface area contributed by atoms with E-state index in [-0.39, 0.29) is 5.69 Å². The largest absolute Gasteiger partial charge is 0.416 e. The molecule has 0 saturated carbocycles. The van der Waals surface area contributed by atoms with Crippen molar-refractivity contribution in [3.8, 4) is 5.69 Å². The van der Waals surface area contributed by atoms with Crippen molar-refractivity contribution in [2.24, 2.45) is 0 Å². The molecule has 5 nitrogen and oxygen atoms in total. The highest BCUT2D eigenvalue weighted by atomic mass is 19.4. The molecule has 3 aromatic rings. The second kappa shape index (κ2) is 4.83. The van der Waals surface area contributed by atoms with Crippen LogP contribution in [0.1, 0.15) is 5.56 Å². The first-order chi connectivity index (χ1) is 10.3. The average Bonchev–Trinajstić information content (AvgIpc) is 2.89. The highest BCUT2D eigenvalue weighted by Crippen LogP contribution is 2.30. The number of hydrogen-bond donors (Lipinski definition) is 0. The van der Waals surface area contributed by atoms with Crippen molar-refractivity contribution in [2.75, 3.05) is 0 Å². The third-order valence-corrected chi connectivity index (χ3v) is 3.16. The third-order valence-electron chi connectivity index (χ3n) is 3.16. The number of halogens is 3. The van der Waals surface area contributed by atoms with Gasteiger partial charge in [-0.15, -0.1) is 0 Å². The summed E-state index contributed by atoms with van der Waals surface area (Å²) in [6.45, 7) is 0. The molecular formula is C14H8F3N3O2. The van der Waals surface area contributed by atoms with Crippen molar-refractivity contribution in [3.63, 3.8) is 0 Å². The zero-order valence-electron chi connectivity index (χ0n) is 10.9. The van der Waals surface area contributed by atoms with Crippen LogP contribution in [0.3, 0.4) is 0 Å². The fourth-order valence-electron chi connectivity index (χ4n) is 2.06. The second-order valence-corrected chi connectivity index (χ2v) is 4.62. The van der Waals surface area contributed by atoms with Gasteiger partial charge < -0.3 is 0 Å². The first-order valence-corrected chi connectivity index (χ1v) is 6.16. The lowest BCUT2D eigenvalue weighted by molar-refractivity contribution is -0.384. The summed E-state index contributed by atoms with van der Waals surface area (Å²) >= 11 is 0. The van der Waals surface area contributed by atoms with Crippen LogP contribution in [-0.4, -0.2) is 14.7 Å². The minimum atomic E-state index is -4.39. The fourth-order valence-corrected chi connectivity index (χ4v) is 2.06. The molecule has 0 atom stereocenters. The molecule has 0 bridgehead atoms. The van der Waals surface area contributed by atoms with Crippen molar-refractivity contribution in [1.29, 1.82) is 0 Å². The number of alkyl halides is 3. The molecule has 22 heavy (non-hydrogen) atoms. The molecule has 0 spiro atoms. The molecule has 1 aromatic heterocycles. The minimum Gasteiger partial charge on any atom is -0.258 e. The van der Waals surface area contributed by atoms with Crippen LogP contribution in [0.4, 0.5) is 18.9 Å². The van der Waals surface area contributed by atoms with Gasteiger partial charge in [0.05, 0.1) is 21.7 Å². The molecule has 0 fully saturated rings. The summed E-state index contributed by atoms with van der Waals surface area (Å²) in [4.78, 5) is 10.2. The van der Waals surface area contributed by atoms with E-state index >= 15 is 0 Å². The average molecular weight is 307 g/mol. The van der Waals surface area contributed by atoms with Gasteiger partial charge in [0, 0.05) is 23.7 Å². The molecule has 0 amide bonds. The van der Waals surface area contributed by atoms with Gasteiger partial charge in [-0.1, -0.05) is 0 Å². The SMILES string of the molecule is O=[N+]([O-])c1ccc2nn(-c3ccc(C(F)(F)F)cc3)cc2c1. The van der Waals surface area contributed by atoms with Crippen molar-refractivity contribution in [2.45, 2.75) is 6.18 Å². The van der Waals surface area contributed by atoms with E-state index in [0.717, 1.165) is 12.1 Å². The van der Waals surface area contributed by atoms with E-state index in [1.807, 2.05) is 0 Å². The molecule has 0 aliphatic heterocycles. The highest BCUT2D eigenvalue weighted by Gasteiger charge is 2.30. The number of rotatable bonds is 2. The van der Waals surface area contributed by atoms with Crippen molar-refractivity contribution in [3.05, 3.63) is 64.3 Å². The Hall–Kier alpha value is -2.90. The molecule has 1 heterocycles. The zero-order valence-corrected chi connectivity index (χ0v) is 10.9. The fraction of sp³-hybridized carbons (Fsp3) is 0.0714. The Kier molecular flexibility index (Phi) is 3.09. The second-order valence-electron chi connectivity index (χ2n) is 4.62. The first-order valence-electron chi connectivity index (χ1n) is 6.16. The maximum absolute atomic E-state index is 12.5. The number of fused-ring (bicyclic) bond motifs is 1. The number of hydrogen-bond acceptors (Lipinski definition) is 3. The first kappa shape index (κ1) is 14.1. The Bertz CT molecular complexity index is 854. The molecule has 0 saturated heterocycles. The third kappa shape index (κ3) is 2.50. The van der Waals surface area contributed by atoms with Gasteiger partial charge in [-0.3, -0.25) is 10.1 Å². The number of benzene rings is 2. The van der Waals surface area contributed by atoms with Gasteiger partial charge in [0.1, 0.15) is 0 Å². The minimum absolute atomic E-state index is 0.0699. The van der Waals surface area contributed by atoms with Gasteiger partial charge in [0.25, 0.3) is 5.69 Å². The zero-order chi connectivity index (χ0) is 15.9. The predicted octanol–water partition coefficient (Wildman–Crippen LogP) is 3.95. The maximum atomic E-state index is 12.5. The summed E-state index contributed by atoms with van der Waals surface area (Å²) in [6.07, 6.45) is -2.86. The molecule has 0 aliphatic carbocycles. The van der Waals surface area contributed by atoms with Crippen LogP contribution in [0.25, 0.3) is 16.6 Å². The lowest BCUT2D eigenvalue weighted by Crippen LogP contribution is -2.05. The van der Waals surface area contributed by atoms with Crippen LogP contribution in [0.2, 0.25) is 0 Å². The number of nitrogens with zero attached hydrogens (tertiary/aromatic N) is 3. The molecular weight excluding hydrogens is 299 g/mol. The van der Waals surface area contributed by atoms with Gasteiger partial charge in [0.15, 0.2) is 0 Å². The van der Waals surface area contributed by atoms with Crippen molar-refractivity contribution < 1.29 is 18.1 Å². The van der Waals surface area contributed by atoms with Gasteiger partial charge in [0.2, 0.25) is 0 Å². The monoisotopic (exact) mass is 307 g/mol. The van der Waals surface area contributed by atoms with Crippen LogP contribution in [0, 0.1) is 10.1 Å². The van der Waals surface area contributed by atoms with E-state index in [2.05, 4.69) is 5.10 Å². The predicted molar refractivity (Wildman–Crippen MR) is 72.7 cm³/mol.